The molecule has 0 aliphatic heterocycles. The van der Waals surface area contributed by atoms with Crippen LogP contribution in [0.5, 0.6) is 0 Å². The van der Waals surface area contributed by atoms with Crippen LogP contribution in [-0.4, -0.2) is 16.7 Å². The molecule has 0 bridgehead atoms. The number of hydrogen-bond donors (Lipinski definition) is 2. The highest BCUT2D eigenvalue weighted by Crippen LogP contribution is 2.22. The zero-order chi connectivity index (χ0) is 9.26. The molecule has 3 heteroatoms. The second-order valence-corrected chi connectivity index (χ2v) is 3.41. The van der Waals surface area contributed by atoms with Crippen molar-refractivity contribution in [2.75, 3.05) is 6.61 Å². The summed E-state index contributed by atoms with van der Waals surface area (Å²) in [6, 6.07) is 5.71. The lowest BCUT2D eigenvalue weighted by atomic mass is 10.1. The summed E-state index contributed by atoms with van der Waals surface area (Å²) >= 11 is 5.87. The van der Waals surface area contributed by atoms with Gasteiger partial charge in [0.15, 0.2) is 0 Å². The highest BCUT2D eigenvalue weighted by Gasteiger charge is 2.02. The average Bonchev–Trinajstić information content (AvgIpc) is 2.49. The maximum atomic E-state index is 8.82. The number of rotatable bonds is 2. The van der Waals surface area contributed by atoms with Gasteiger partial charge >= 0.3 is 0 Å². The summed E-state index contributed by atoms with van der Waals surface area (Å²) in [5.41, 5.74) is 2.17. The van der Waals surface area contributed by atoms with Crippen molar-refractivity contribution < 1.29 is 5.11 Å². The van der Waals surface area contributed by atoms with Crippen molar-refractivity contribution in [2.24, 2.45) is 0 Å². The Kier molecular flexibility index (Phi) is 2.25. The number of aromatic nitrogens is 1. The quantitative estimate of drug-likeness (QED) is 0.759. The summed E-state index contributed by atoms with van der Waals surface area (Å²) in [6.07, 6.45) is 2.58. The number of aromatic amines is 1. The topological polar surface area (TPSA) is 36.0 Å². The average molecular weight is 196 g/mol. The lowest BCUT2D eigenvalue weighted by Gasteiger charge is -1.95. The largest absolute Gasteiger partial charge is 0.396 e. The smallest absolute Gasteiger partial charge is 0.0472 e. The van der Waals surface area contributed by atoms with Crippen LogP contribution < -0.4 is 0 Å². The van der Waals surface area contributed by atoms with Gasteiger partial charge in [0.2, 0.25) is 0 Å². The second kappa shape index (κ2) is 3.40. The molecule has 1 aromatic heterocycles. The molecule has 0 fully saturated rings. The molecule has 0 atom stereocenters. The van der Waals surface area contributed by atoms with E-state index < -0.39 is 0 Å². The molecule has 68 valence electrons. The first kappa shape index (κ1) is 8.60. The fourth-order valence-electron chi connectivity index (χ4n) is 1.48. The summed E-state index contributed by atoms with van der Waals surface area (Å²) in [4.78, 5) is 3.13. The lowest BCUT2D eigenvalue weighted by molar-refractivity contribution is 0.300. The normalized spacial score (nSPS) is 10.9. The van der Waals surface area contributed by atoms with Gasteiger partial charge in [0.05, 0.1) is 0 Å². The van der Waals surface area contributed by atoms with Crippen LogP contribution in [0.2, 0.25) is 5.02 Å². The van der Waals surface area contributed by atoms with Gasteiger partial charge in [-0.3, -0.25) is 0 Å². The van der Waals surface area contributed by atoms with Crippen molar-refractivity contribution >= 4 is 22.5 Å². The molecule has 0 aliphatic rings. The van der Waals surface area contributed by atoms with Gasteiger partial charge < -0.3 is 10.1 Å². The predicted molar refractivity (Wildman–Crippen MR) is 54.1 cm³/mol. The molecule has 0 spiro atoms. The first-order valence-corrected chi connectivity index (χ1v) is 4.55. The van der Waals surface area contributed by atoms with Crippen LogP contribution in [0, 0.1) is 0 Å². The van der Waals surface area contributed by atoms with E-state index in [9.17, 15) is 0 Å². The SMILES string of the molecule is OCCc1c[nH]c2ccc(Cl)cc12. The van der Waals surface area contributed by atoms with E-state index in [4.69, 9.17) is 16.7 Å². The Bertz CT molecular complexity index is 422. The van der Waals surface area contributed by atoms with E-state index in [0.717, 1.165) is 21.5 Å². The Morgan fingerprint density at radius 3 is 3.00 bits per heavy atom. The third-order valence-corrected chi connectivity index (χ3v) is 2.35. The summed E-state index contributed by atoms with van der Waals surface area (Å²) in [5.74, 6) is 0. The van der Waals surface area contributed by atoms with Crippen LogP contribution in [0.1, 0.15) is 5.56 Å². The Labute approximate surface area is 81.1 Å². The van der Waals surface area contributed by atoms with Gasteiger partial charge in [0, 0.05) is 28.7 Å². The molecule has 2 N–H and O–H groups in total. The Hall–Kier alpha value is -0.990. The molecule has 0 saturated carbocycles. The standard InChI is InChI=1S/C10H10ClNO/c11-8-1-2-10-9(5-8)7(3-4-13)6-12-10/h1-2,5-6,12-13H,3-4H2. The fraction of sp³-hybridized carbons (Fsp3) is 0.200. The molecule has 2 nitrogen and oxygen atoms in total. The molecular weight excluding hydrogens is 186 g/mol. The number of aliphatic hydroxyl groups excluding tert-OH is 1. The monoisotopic (exact) mass is 195 g/mol. The van der Waals surface area contributed by atoms with E-state index in [-0.39, 0.29) is 6.61 Å². The second-order valence-electron chi connectivity index (χ2n) is 2.98. The van der Waals surface area contributed by atoms with Crippen molar-refractivity contribution in [1.82, 2.24) is 4.98 Å². The predicted octanol–water partition coefficient (Wildman–Crippen LogP) is 2.36. The van der Waals surface area contributed by atoms with Crippen molar-refractivity contribution in [3.8, 4) is 0 Å². The highest BCUT2D eigenvalue weighted by atomic mass is 35.5. The van der Waals surface area contributed by atoms with E-state index >= 15 is 0 Å². The number of halogens is 1. The van der Waals surface area contributed by atoms with Gasteiger partial charge in [-0.25, -0.2) is 0 Å². The van der Waals surface area contributed by atoms with Crippen LogP contribution in [-0.2, 0) is 6.42 Å². The van der Waals surface area contributed by atoms with E-state index in [0.29, 0.717) is 6.42 Å². The third kappa shape index (κ3) is 1.55. The number of H-pyrrole nitrogens is 1. The molecule has 1 aromatic carbocycles. The summed E-state index contributed by atoms with van der Waals surface area (Å²) < 4.78 is 0. The Morgan fingerprint density at radius 1 is 1.38 bits per heavy atom. The molecule has 13 heavy (non-hydrogen) atoms. The third-order valence-electron chi connectivity index (χ3n) is 2.11. The maximum Gasteiger partial charge on any atom is 0.0472 e. The van der Waals surface area contributed by atoms with E-state index in [2.05, 4.69) is 4.98 Å². The minimum Gasteiger partial charge on any atom is -0.396 e. The van der Waals surface area contributed by atoms with Crippen LogP contribution >= 0.6 is 11.6 Å². The first-order valence-electron chi connectivity index (χ1n) is 4.17. The molecule has 2 aromatic rings. The van der Waals surface area contributed by atoms with Crippen molar-refractivity contribution in [1.29, 1.82) is 0 Å². The van der Waals surface area contributed by atoms with E-state index in [1.807, 2.05) is 24.4 Å². The fourth-order valence-corrected chi connectivity index (χ4v) is 1.65. The van der Waals surface area contributed by atoms with Gasteiger partial charge in [-0.05, 0) is 30.2 Å². The lowest BCUT2D eigenvalue weighted by Crippen LogP contribution is -1.87. The Balaban J connectivity index is 2.58. The number of aliphatic hydroxyl groups is 1. The first-order chi connectivity index (χ1) is 6.31. The highest BCUT2D eigenvalue weighted by molar-refractivity contribution is 6.31. The van der Waals surface area contributed by atoms with Crippen LogP contribution in [0.3, 0.4) is 0 Å². The number of fused-ring (bicyclic) bond motifs is 1. The Morgan fingerprint density at radius 2 is 2.23 bits per heavy atom. The van der Waals surface area contributed by atoms with Crippen molar-refractivity contribution in [2.45, 2.75) is 6.42 Å². The molecular formula is C10H10ClNO. The molecule has 0 aliphatic carbocycles. The molecule has 1 heterocycles. The minimum atomic E-state index is 0.166. The zero-order valence-electron chi connectivity index (χ0n) is 7.05. The van der Waals surface area contributed by atoms with E-state index in [1.54, 1.807) is 0 Å². The van der Waals surface area contributed by atoms with Crippen LogP contribution in [0.25, 0.3) is 10.9 Å². The maximum absolute atomic E-state index is 8.82. The number of hydrogen-bond acceptors (Lipinski definition) is 1. The van der Waals surface area contributed by atoms with Gasteiger partial charge in [-0.2, -0.15) is 0 Å². The molecule has 0 saturated heterocycles. The van der Waals surface area contributed by atoms with Gasteiger partial charge in [0.25, 0.3) is 0 Å². The van der Waals surface area contributed by atoms with Gasteiger partial charge in [-0.1, -0.05) is 11.6 Å². The molecule has 0 amide bonds. The van der Waals surface area contributed by atoms with Gasteiger partial charge in [0.1, 0.15) is 0 Å². The van der Waals surface area contributed by atoms with Crippen LogP contribution in [0.4, 0.5) is 0 Å². The number of nitrogens with one attached hydrogen (secondary N) is 1. The van der Waals surface area contributed by atoms with E-state index in [1.165, 1.54) is 0 Å². The van der Waals surface area contributed by atoms with Crippen molar-refractivity contribution in [3.05, 3.63) is 35.0 Å². The molecule has 0 unspecified atom stereocenters. The summed E-state index contributed by atoms with van der Waals surface area (Å²) in [7, 11) is 0. The molecule has 0 radical (unpaired) electrons. The number of benzene rings is 1. The minimum absolute atomic E-state index is 0.166. The molecule has 2 rings (SSSR count). The summed E-state index contributed by atoms with van der Waals surface area (Å²) in [5, 5.41) is 10.6. The van der Waals surface area contributed by atoms with Crippen molar-refractivity contribution in [3.63, 3.8) is 0 Å². The zero-order valence-corrected chi connectivity index (χ0v) is 7.80. The van der Waals surface area contributed by atoms with Crippen LogP contribution in [0.15, 0.2) is 24.4 Å². The summed E-state index contributed by atoms with van der Waals surface area (Å²) in [6.45, 7) is 0.166. The van der Waals surface area contributed by atoms with Gasteiger partial charge in [-0.15, -0.1) is 0 Å².